The Kier molecular flexibility index (Phi) is 8.52. The molecule has 0 bridgehead atoms. The quantitative estimate of drug-likeness (QED) is 0.254. The molecule has 0 atom stereocenters. The number of nitrogens with zero attached hydrogens (tertiary/aromatic N) is 3. The third-order valence-corrected chi connectivity index (χ3v) is 5.49. The maximum absolute atomic E-state index is 13.5. The molecule has 4 nitrogen and oxygen atoms in total. The summed E-state index contributed by atoms with van der Waals surface area (Å²) in [6, 6.07) is 13.1. The fourth-order valence-corrected chi connectivity index (χ4v) is 3.81. The van der Waals surface area contributed by atoms with Crippen LogP contribution in [0.4, 0.5) is 14.6 Å². The molecule has 0 aliphatic carbocycles. The first-order valence-corrected chi connectivity index (χ1v) is 11.3. The molecule has 2 aromatic heterocycles. The van der Waals surface area contributed by atoms with Gasteiger partial charge in [-0.3, -0.25) is 9.78 Å². The molecular formula is C27H31F2N3O. The second-order valence-corrected chi connectivity index (χ2v) is 8.33. The Morgan fingerprint density at radius 2 is 1.88 bits per heavy atom. The number of rotatable bonds is 11. The second-order valence-electron chi connectivity index (χ2n) is 8.33. The fraction of sp³-hybridized carbons (Fsp3) is 0.333. The topological polar surface area (TPSA) is 38.1 Å². The first-order valence-electron chi connectivity index (χ1n) is 11.3. The molecule has 3 aromatic rings. The van der Waals surface area contributed by atoms with Crippen molar-refractivity contribution in [1.29, 1.82) is 0 Å². The Morgan fingerprint density at radius 3 is 2.55 bits per heavy atom. The minimum absolute atomic E-state index is 0.0553. The summed E-state index contributed by atoms with van der Waals surface area (Å²) in [5, 5.41) is 0. The molecule has 0 amide bonds. The molecule has 0 saturated heterocycles. The summed E-state index contributed by atoms with van der Waals surface area (Å²) in [4.78, 5) is 19.1. The largest absolute Gasteiger partial charge is 0.364 e. The first kappa shape index (κ1) is 24.4. The van der Waals surface area contributed by atoms with Crippen LogP contribution < -0.4 is 4.90 Å². The highest BCUT2D eigenvalue weighted by molar-refractivity contribution is 6.01. The zero-order valence-corrected chi connectivity index (χ0v) is 19.5. The van der Waals surface area contributed by atoms with E-state index in [1.165, 1.54) is 0 Å². The van der Waals surface area contributed by atoms with Crippen LogP contribution in [-0.2, 0) is 13.0 Å². The molecule has 3 rings (SSSR count). The summed E-state index contributed by atoms with van der Waals surface area (Å²) in [5.74, 6) is -1.16. The highest BCUT2D eigenvalue weighted by Gasteiger charge is 2.21. The van der Waals surface area contributed by atoms with E-state index in [-0.39, 0.29) is 18.6 Å². The average molecular weight is 452 g/mol. The van der Waals surface area contributed by atoms with Crippen LogP contribution in [0.15, 0.2) is 54.7 Å². The van der Waals surface area contributed by atoms with Gasteiger partial charge >= 0.3 is 0 Å². The average Bonchev–Trinajstić information content (AvgIpc) is 3.16. The van der Waals surface area contributed by atoms with Gasteiger partial charge in [-0.2, -0.15) is 0 Å². The van der Waals surface area contributed by atoms with Gasteiger partial charge in [0.25, 0.3) is 0 Å². The van der Waals surface area contributed by atoms with Gasteiger partial charge in [0.15, 0.2) is 17.4 Å². The lowest BCUT2D eigenvalue weighted by Gasteiger charge is -2.20. The summed E-state index contributed by atoms with van der Waals surface area (Å²) < 4.78 is 28.8. The Labute approximate surface area is 194 Å². The number of unbranched alkanes of at least 4 members (excludes halogenated alkanes) is 2. The number of ketones is 1. The van der Waals surface area contributed by atoms with Gasteiger partial charge in [0.05, 0.1) is 11.8 Å². The number of pyridine rings is 1. The van der Waals surface area contributed by atoms with Gasteiger partial charge in [-0.15, -0.1) is 0 Å². The summed E-state index contributed by atoms with van der Waals surface area (Å²) in [6.45, 7) is 2.80. The fourth-order valence-electron chi connectivity index (χ4n) is 3.81. The van der Waals surface area contributed by atoms with Crippen LogP contribution in [-0.4, -0.2) is 29.4 Å². The van der Waals surface area contributed by atoms with Gasteiger partial charge in [0, 0.05) is 38.4 Å². The van der Waals surface area contributed by atoms with E-state index in [4.69, 9.17) is 0 Å². The number of anilines is 1. The van der Waals surface area contributed by atoms with Crippen LogP contribution >= 0.6 is 0 Å². The monoisotopic (exact) mass is 451 g/mol. The van der Waals surface area contributed by atoms with E-state index in [1.807, 2.05) is 43.3 Å². The van der Waals surface area contributed by atoms with E-state index >= 15 is 0 Å². The molecule has 0 saturated carbocycles. The molecular weight excluding hydrogens is 420 g/mol. The van der Waals surface area contributed by atoms with E-state index in [9.17, 15) is 13.6 Å². The smallest absolute Gasteiger partial charge is 0.177 e. The lowest BCUT2D eigenvalue weighted by atomic mass is 10.1. The van der Waals surface area contributed by atoms with E-state index in [2.05, 4.69) is 40.8 Å². The van der Waals surface area contributed by atoms with E-state index < -0.39 is 11.6 Å². The number of carbonyl (C=O) groups excluding carboxylic acids is 1. The normalized spacial score (nSPS) is 11.3. The SMILES string of the molecule is CCCC/C=C/c1cc(C(=O)CCc2cc(F)c(F)cn2)c(N(C)C)n1Cc1ccccc1. The number of aromatic nitrogens is 2. The van der Waals surface area contributed by atoms with Crippen LogP contribution in [0.25, 0.3) is 6.08 Å². The molecule has 0 N–H and O–H groups in total. The Balaban J connectivity index is 1.92. The number of Topliss-reactive ketones (excluding diaryl/α,β-unsaturated/α-hetero) is 1. The van der Waals surface area contributed by atoms with E-state index in [1.54, 1.807) is 0 Å². The van der Waals surface area contributed by atoms with Gasteiger partial charge in [0.1, 0.15) is 5.82 Å². The zero-order valence-electron chi connectivity index (χ0n) is 19.5. The maximum Gasteiger partial charge on any atom is 0.177 e. The zero-order chi connectivity index (χ0) is 23.8. The van der Waals surface area contributed by atoms with Crippen molar-refractivity contribution in [3.05, 3.63) is 88.9 Å². The van der Waals surface area contributed by atoms with Crippen molar-refractivity contribution in [1.82, 2.24) is 9.55 Å². The number of benzene rings is 1. The van der Waals surface area contributed by atoms with Crippen molar-refractivity contribution >= 4 is 17.7 Å². The molecule has 6 heteroatoms. The van der Waals surface area contributed by atoms with Gasteiger partial charge in [0.2, 0.25) is 0 Å². The number of hydrogen-bond acceptors (Lipinski definition) is 3. The predicted molar refractivity (Wildman–Crippen MR) is 130 cm³/mol. The summed E-state index contributed by atoms with van der Waals surface area (Å²) >= 11 is 0. The molecule has 0 fully saturated rings. The molecule has 174 valence electrons. The molecule has 0 radical (unpaired) electrons. The van der Waals surface area contributed by atoms with Crippen LogP contribution in [0, 0.1) is 11.6 Å². The first-order chi connectivity index (χ1) is 15.9. The van der Waals surface area contributed by atoms with Gasteiger partial charge in [-0.05, 0) is 36.6 Å². The van der Waals surface area contributed by atoms with Crippen molar-refractivity contribution < 1.29 is 13.6 Å². The Hall–Kier alpha value is -3.28. The minimum atomic E-state index is -0.988. The summed E-state index contributed by atoms with van der Waals surface area (Å²) in [6.07, 6.45) is 8.72. The van der Waals surface area contributed by atoms with Crippen molar-refractivity contribution in [3.63, 3.8) is 0 Å². The predicted octanol–water partition coefficient (Wildman–Crippen LogP) is 6.29. The number of carbonyl (C=O) groups is 1. The molecule has 0 unspecified atom stereocenters. The summed E-state index contributed by atoms with van der Waals surface area (Å²) in [7, 11) is 3.85. The van der Waals surface area contributed by atoms with Crippen molar-refractivity contribution in [2.24, 2.45) is 0 Å². The van der Waals surface area contributed by atoms with Crippen molar-refractivity contribution in [2.45, 2.75) is 45.6 Å². The number of aryl methyl sites for hydroxylation is 1. The van der Waals surface area contributed by atoms with Gasteiger partial charge in [-0.1, -0.05) is 56.2 Å². The lowest BCUT2D eigenvalue weighted by molar-refractivity contribution is 0.0983. The molecule has 0 spiro atoms. The molecule has 1 aromatic carbocycles. The molecule has 2 heterocycles. The number of allylic oxidation sites excluding steroid dienone is 1. The highest BCUT2D eigenvalue weighted by Crippen LogP contribution is 2.28. The molecule has 33 heavy (non-hydrogen) atoms. The summed E-state index contributed by atoms with van der Waals surface area (Å²) in [5.41, 5.74) is 3.09. The van der Waals surface area contributed by atoms with E-state index in [0.717, 1.165) is 48.6 Å². The van der Waals surface area contributed by atoms with Crippen LogP contribution in [0.1, 0.15) is 59.9 Å². The number of hydrogen-bond donors (Lipinski definition) is 0. The van der Waals surface area contributed by atoms with Crippen LogP contribution in [0.3, 0.4) is 0 Å². The van der Waals surface area contributed by atoms with Crippen molar-refractivity contribution in [2.75, 3.05) is 19.0 Å². The molecule has 0 aliphatic rings. The maximum atomic E-state index is 13.5. The second kappa shape index (κ2) is 11.5. The highest BCUT2D eigenvalue weighted by atomic mass is 19.2. The van der Waals surface area contributed by atoms with E-state index in [0.29, 0.717) is 17.8 Å². The van der Waals surface area contributed by atoms with Crippen LogP contribution in [0.2, 0.25) is 0 Å². The molecule has 0 aliphatic heterocycles. The van der Waals surface area contributed by atoms with Gasteiger partial charge < -0.3 is 9.47 Å². The van der Waals surface area contributed by atoms with Gasteiger partial charge in [-0.25, -0.2) is 8.78 Å². The third-order valence-electron chi connectivity index (χ3n) is 5.49. The standard InChI is InChI=1S/C27H31F2N3O/c1-4-5-6-10-13-22-17-23(26(33)15-14-21-16-24(28)25(29)18-30-21)27(31(2)3)32(22)19-20-11-8-7-9-12-20/h7-13,16-18H,4-6,14-15,19H2,1-3H3/b13-10+. The van der Waals surface area contributed by atoms with Crippen molar-refractivity contribution in [3.8, 4) is 0 Å². The lowest BCUT2D eigenvalue weighted by Crippen LogP contribution is -2.18. The minimum Gasteiger partial charge on any atom is -0.364 e. The van der Waals surface area contributed by atoms with Crippen LogP contribution in [0.5, 0.6) is 0 Å². The number of halogens is 2. The third kappa shape index (κ3) is 6.37. The Bertz CT molecular complexity index is 1100. The Morgan fingerprint density at radius 1 is 1.12 bits per heavy atom.